The van der Waals surface area contributed by atoms with Crippen molar-refractivity contribution >= 4 is 5.65 Å². The molecule has 0 spiro atoms. The molecule has 0 aliphatic carbocycles. The van der Waals surface area contributed by atoms with Crippen LogP contribution in [0.3, 0.4) is 0 Å². The molecule has 3 aromatic rings. The van der Waals surface area contributed by atoms with Gasteiger partial charge in [-0.2, -0.15) is 9.61 Å². The first-order chi connectivity index (χ1) is 11.7. The zero-order chi connectivity index (χ0) is 16.5. The number of hydrogen-bond acceptors (Lipinski definition) is 6. The summed E-state index contributed by atoms with van der Waals surface area (Å²) < 4.78 is 1.90. The maximum absolute atomic E-state index is 4.57. The van der Waals surface area contributed by atoms with E-state index in [9.17, 15) is 0 Å². The maximum atomic E-state index is 4.57. The highest BCUT2D eigenvalue weighted by atomic mass is 15.4. The first-order valence-electron chi connectivity index (χ1n) is 8.38. The van der Waals surface area contributed by atoms with Crippen molar-refractivity contribution in [3.8, 4) is 0 Å². The van der Waals surface area contributed by atoms with Gasteiger partial charge in [-0.1, -0.05) is 0 Å². The van der Waals surface area contributed by atoms with E-state index >= 15 is 0 Å². The molecule has 24 heavy (non-hydrogen) atoms. The van der Waals surface area contributed by atoms with E-state index in [4.69, 9.17) is 0 Å². The molecule has 4 rings (SSSR count). The SMILES string of the molecule is Cc1cnc(CN2CCC(c3nnc4ccc(C)nn34)CC2)cn1. The molecule has 1 saturated heterocycles. The lowest BCUT2D eigenvalue weighted by Crippen LogP contribution is -2.33. The molecule has 3 aromatic heterocycles. The Balaban J connectivity index is 1.43. The van der Waals surface area contributed by atoms with E-state index in [0.29, 0.717) is 5.92 Å². The van der Waals surface area contributed by atoms with Gasteiger partial charge in [0, 0.05) is 24.9 Å². The largest absolute Gasteiger partial charge is 0.297 e. The number of aryl methyl sites for hydroxylation is 2. The minimum absolute atomic E-state index is 0.412. The van der Waals surface area contributed by atoms with Crippen molar-refractivity contribution in [2.24, 2.45) is 0 Å². The lowest BCUT2D eigenvalue weighted by molar-refractivity contribution is 0.198. The third-order valence-electron chi connectivity index (χ3n) is 4.59. The van der Waals surface area contributed by atoms with Crippen LogP contribution in [-0.2, 0) is 6.54 Å². The quantitative estimate of drug-likeness (QED) is 0.733. The smallest absolute Gasteiger partial charge is 0.177 e. The van der Waals surface area contributed by atoms with E-state index < -0.39 is 0 Å². The summed E-state index contributed by atoms with van der Waals surface area (Å²) in [6.07, 6.45) is 5.84. The molecular weight excluding hydrogens is 302 g/mol. The van der Waals surface area contributed by atoms with Crippen LogP contribution in [-0.4, -0.2) is 47.8 Å². The molecule has 124 valence electrons. The summed E-state index contributed by atoms with van der Waals surface area (Å²) in [5.74, 6) is 1.40. The van der Waals surface area contributed by atoms with Gasteiger partial charge < -0.3 is 0 Å². The van der Waals surface area contributed by atoms with Crippen LogP contribution < -0.4 is 0 Å². The molecule has 1 aliphatic heterocycles. The van der Waals surface area contributed by atoms with Gasteiger partial charge in [-0.05, 0) is 51.9 Å². The summed E-state index contributed by atoms with van der Waals surface area (Å²) in [4.78, 5) is 11.2. The molecule has 0 unspecified atom stereocenters. The van der Waals surface area contributed by atoms with Gasteiger partial charge in [0.15, 0.2) is 11.5 Å². The molecule has 1 fully saturated rings. The van der Waals surface area contributed by atoms with E-state index in [-0.39, 0.29) is 0 Å². The molecule has 4 heterocycles. The van der Waals surface area contributed by atoms with Crippen LogP contribution in [0, 0.1) is 13.8 Å². The predicted molar refractivity (Wildman–Crippen MR) is 89.5 cm³/mol. The van der Waals surface area contributed by atoms with Crippen molar-refractivity contribution in [1.82, 2.24) is 34.7 Å². The predicted octanol–water partition coefficient (Wildman–Crippen LogP) is 1.91. The average molecular weight is 323 g/mol. The number of likely N-dealkylation sites (tertiary alicyclic amines) is 1. The second kappa shape index (κ2) is 6.24. The minimum Gasteiger partial charge on any atom is -0.297 e. The monoisotopic (exact) mass is 323 g/mol. The van der Waals surface area contributed by atoms with Gasteiger partial charge >= 0.3 is 0 Å². The highest BCUT2D eigenvalue weighted by Gasteiger charge is 2.25. The van der Waals surface area contributed by atoms with Gasteiger partial charge in [0.05, 0.1) is 17.1 Å². The molecule has 7 nitrogen and oxygen atoms in total. The molecule has 0 atom stereocenters. The Hall–Kier alpha value is -2.41. The third-order valence-corrected chi connectivity index (χ3v) is 4.59. The Bertz CT molecular complexity index is 832. The Morgan fingerprint density at radius 3 is 2.58 bits per heavy atom. The molecule has 0 aromatic carbocycles. The van der Waals surface area contributed by atoms with Gasteiger partial charge in [-0.15, -0.1) is 10.2 Å². The summed E-state index contributed by atoms with van der Waals surface area (Å²) >= 11 is 0. The summed E-state index contributed by atoms with van der Waals surface area (Å²) in [5, 5.41) is 13.2. The molecule has 1 aliphatic rings. The van der Waals surface area contributed by atoms with Crippen molar-refractivity contribution in [1.29, 1.82) is 0 Å². The minimum atomic E-state index is 0.412. The molecule has 0 amide bonds. The summed E-state index contributed by atoms with van der Waals surface area (Å²) in [5.41, 5.74) is 3.80. The normalized spacial score (nSPS) is 16.8. The lowest BCUT2D eigenvalue weighted by Gasteiger charge is -2.30. The number of rotatable bonds is 3. The zero-order valence-corrected chi connectivity index (χ0v) is 14.1. The molecule has 0 bridgehead atoms. The van der Waals surface area contributed by atoms with Crippen LogP contribution in [0.1, 0.15) is 41.7 Å². The van der Waals surface area contributed by atoms with E-state index in [1.54, 1.807) is 0 Å². The van der Waals surface area contributed by atoms with Gasteiger partial charge in [0.2, 0.25) is 0 Å². The van der Waals surface area contributed by atoms with E-state index in [0.717, 1.165) is 61.0 Å². The standard InChI is InChI=1S/C17H21N7/c1-12-3-4-16-20-21-17(24(16)22-12)14-5-7-23(8-6-14)11-15-10-18-13(2)9-19-15/h3-4,9-10,14H,5-8,11H2,1-2H3. The Morgan fingerprint density at radius 1 is 1.00 bits per heavy atom. The van der Waals surface area contributed by atoms with E-state index in [1.165, 1.54) is 0 Å². The Kier molecular flexibility index (Phi) is 3.93. The Morgan fingerprint density at radius 2 is 1.83 bits per heavy atom. The van der Waals surface area contributed by atoms with E-state index in [2.05, 4.69) is 30.2 Å². The van der Waals surface area contributed by atoms with Crippen molar-refractivity contribution in [3.05, 3.63) is 47.4 Å². The van der Waals surface area contributed by atoms with Crippen molar-refractivity contribution in [3.63, 3.8) is 0 Å². The fraction of sp³-hybridized carbons (Fsp3) is 0.471. The van der Waals surface area contributed by atoms with Gasteiger partial charge in [-0.3, -0.25) is 14.9 Å². The molecule has 0 saturated carbocycles. The Labute approximate surface area is 140 Å². The second-order valence-corrected chi connectivity index (χ2v) is 6.50. The summed E-state index contributed by atoms with van der Waals surface area (Å²) in [6.45, 7) is 6.87. The number of fused-ring (bicyclic) bond motifs is 1. The first kappa shape index (κ1) is 15.1. The molecule has 0 N–H and O–H groups in total. The van der Waals surface area contributed by atoms with Gasteiger partial charge in [-0.25, -0.2) is 0 Å². The van der Waals surface area contributed by atoms with E-state index in [1.807, 2.05) is 42.9 Å². The third kappa shape index (κ3) is 2.99. The lowest BCUT2D eigenvalue weighted by atomic mass is 9.96. The van der Waals surface area contributed by atoms with Crippen molar-refractivity contribution < 1.29 is 0 Å². The van der Waals surface area contributed by atoms with Gasteiger partial charge in [0.25, 0.3) is 0 Å². The molecule has 0 radical (unpaired) electrons. The topological polar surface area (TPSA) is 72.1 Å². The summed E-state index contributed by atoms with van der Waals surface area (Å²) in [6, 6.07) is 3.95. The van der Waals surface area contributed by atoms with Crippen LogP contribution in [0.25, 0.3) is 5.65 Å². The first-order valence-corrected chi connectivity index (χ1v) is 8.38. The van der Waals surface area contributed by atoms with Crippen molar-refractivity contribution in [2.75, 3.05) is 13.1 Å². The fourth-order valence-corrected chi connectivity index (χ4v) is 3.23. The fourth-order valence-electron chi connectivity index (χ4n) is 3.23. The zero-order valence-electron chi connectivity index (χ0n) is 14.1. The number of hydrogen-bond donors (Lipinski definition) is 0. The van der Waals surface area contributed by atoms with Crippen LogP contribution in [0.2, 0.25) is 0 Å². The molecule has 7 heteroatoms. The highest BCUT2D eigenvalue weighted by Crippen LogP contribution is 2.27. The number of nitrogens with zero attached hydrogens (tertiary/aromatic N) is 7. The number of piperidine rings is 1. The highest BCUT2D eigenvalue weighted by molar-refractivity contribution is 5.36. The van der Waals surface area contributed by atoms with Gasteiger partial charge in [0.1, 0.15) is 0 Å². The maximum Gasteiger partial charge on any atom is 0.177 e. The summed E-state index contributed by atoms with van der Waals surface area (Å²) in [7, 11) is 0. The van der Waals surface area contributed by atoms with Crippen LogP contribution in [0.5, 0.6) is 0 Å². The second-order valence-electron chi connectivity index (χ2n) is 6.50. The average Bonchev–Trinajstić information content (AvgIpc) is 3.01. The van der Waals surface area contributed by atoms with Crippen molar-refractivity contribution in [2.45, 2.75) is 39.2 Å². The van der Waals surface area contributed by atoms with Crippen LogP contribution >= 0.6 is 0 Å². The number of aromatic nitrogens is 6. The van der Waals surface area contributed by atoms with Crippen LogP contribution in [0.4, 0.5) is 0 Å². The molecular formula is C17H21N7. The van der Waals surface area contributed by atoms with Crippen LogP contribution in [0.15, 0.2) is 24.5 Å².